The van der Waals surface area contributed by atoms with E-state index in [9.17, 15) is 18.0 Å². The van der Waals surface area contributed by atoms with E-state index in [1.807, 2.05) is 6.92 Å². The van der Waals surface area contributed by atoms with Gasteiger partial charge < -0.3 is 14.8 Å². The highest BCUT2D eigenvalue weighted by molar-refractivity contribution is 7.92. The highest BCUT2D eigenvalue weighted by Crippen LogP contribution is 2.33. The van der Waals surface area contributed by atoms with E-state index in [-0.39, 0.29) is 10.6 Å². The van der Waals surface area contributed by atoms with Gasteiger partial charge in [0.1, 0.15) is 6.04 Å². The summed E-state index contributed by atoms with van der Waals surface area (Å²) in [6.45, 7) is 3.94. The van der Waals surface area contributed by atoms with Crippen LogP contribution in [0.5, 0.6) is 11.5 Å². The summed E-state index contributed by atoms with van der Waals surface area (Å²) in [7, 11) is -0.886. The molecule has 2 aromatic carbocycles. The molecule has 0 aliphatic carbocycles. The van der Waals surface area contributed by atoms with Crippen LogP contribution in [0, 0.1) is 0 Å². The molecule has 32 heavy (non-hydrogen) atoms. The number of sulfonamides is 1. The normalized spacial score (nSPS) is 12.4. The Morgan fingerprint density at radius 3 is 2.44 bits per heavy atom. The van der Waals surface area contributed by atoms with Crippen LogP contribution in [-0.4, -0.2) is 45.4 Å². The molecule has 0 aliphatic heterocycles. The van der Waals surface area contributed by atoms with E-state index in [1.54, 1.807) is 34.9 Å². The van der Waals surface area contributed by atoms with Gasteiger partial charge in [0, 0.05) is 18.3 Å². The zero-order valence-electron chi connectivity index (χ0n) is 18.4. The highest BCUT2D eigenvalue weighted by atomic mass is 32.2. The van der Waals surface area contributed by atoms with Gasteiger partial charge in [0.25, 0.3) is 0 Å². The van der Waals surface area contributed by atoms with Crippen molar-refractivity contribution in [1.82, 2.24) is 4.57 Å². The maximum Gasteiger partial charge on any atom is 0.308 e. The van der Waals surface area contributed by atoms with Gasteiger partial charge in [-0.2, -0.15) is 0 Å². The van der Waals surface area contributed by atoms with Gasteiger partial charge in [0.2, 0.25) is 15.9 Å². The van der Waals surface area contributed by atoms with Crippen molar-refractivity contribution in [2.24, 2.45) is 0 Å². The topological polar surface area (TPSA) is 107 Å². The van der Waals surface area contributed by atoms with Crippen molar-refractivity contribution >= 4 is 48.9 Å². The van der Waals surface area contributed by atoms with E-state index in [1.165, 1.54) is 27.2 Å². The van der Waals surface area contributed by atoms with Gasteiger partial charge in [-0.1, -0.05) is 11.3 Å². The average Bonchev–Trinajstić information content (AvgIpc) is 3.06. The van der Waals surface area contributed by atoms with Crippen LogP contribution in [0.3, 0.4) is 0 Å². The molecule has 0 radical (unpaired) electrons. The molecule has 1 amide bonds. The van der Waals surface area contributed by atoms with Crippen molar-refractivity contribution in [3.05, 3.63) is 46.1 Å². The summed E-state index contributed by atoms with van der Waals surface area (Å²) in [5, 5.41) is 2.75. The van der Waals surface area contributed by atoms with Gasteiger partial charge in [-0.25, -0.2) is 8.42 Å². The lowest BCUT2D eigenvalue weighted by Gasteiger charge is -2.28. The fourth-order valence-corrected chi connectivity index (χ4v) is 5.62. The SMILES string of the molecule is CCn1c(=O)sc2cc(NC(=O)C(C)N(c3ccc(OC)c(OC)c3)S(C)(=O)=O)ccc21. The third-order valence-corrected chi connectivity index (χ3v) is 7.15. The van der Waals surface area contributed by atoms with Crippen molar-refractivity contribution in [2.75, 3.05) is 30.1 Å². The van der Waals surface area contributed by atoms with Crippen molar-refractivity contribution in [2.45, 2.75) is 26.4 Å². The molecule has 0 spiro atoms. The van der Waals surface area contributed by atoms with E-state index in [4.69, 9.17) is 9.47 Å². The number of amides is 1. The van der Waals surface area contributed by atoms with E-state index in [0.29, 0.717) is 23.7 Å². The lowest BCUT2D eigenvalue weighted by Crippen LogP contribution is -2.45. The summed E-state index contributed by atoms with van der Waals surface area (Å²) in [4.78, 5) is 25.0. The van der Waals surface area contributed by atoms with Crippen molar-refractivity contribution < 1.29 is 22.7 Å². The van der Waals surface area contributed by atoms with Gasteiger partial charge in [-0.15, -0.1) is 0 Å². The molecule has 0 saturated heterocycles. The molecule has 1 heterocycles. The van der Waals surface area contributed by atoms with Crippen LogP contribution in [0.4, 0.5) is 11.4 Å². The Kier molecular flexibility index (Phi) is 6.79. The minimum absolute atomic E-state index is 0.0731. The number of nitrogens with one attached hydrogen (secondary N) is 1. The third kappa shape index (κ3) is 4.58. The summed E-state index contributed by atoms with van der Waals surface area (Å²) in [6, 6.07) is 8.72. The molecule has 3 aromatic rings. The third-order valence-electron chi connectivity index (χ3n) is 4.96. The number of carbonyl (C=O) groups excluding carboxylic acids is 1. The molecule has 1 atom stereocenters. The highest BCUT2D eigenvalue weighted by Gasteiger charge is 2.30. The number of hydrogen-bond acceptors (Lipinski definition) is 7. The number of fused-ring (bicyclic) bond motifs is 1. The number of carbonyl (C=O) groups is 1. The van der Waals surface area contributed by atoms with Crippen LogP contribution in [-0.2, 0) is 21.4 Å². The fourth-order valence-electron chi connectivity index (χ4n) is 3.46. The second-order valence-corrected chi connectivity index (χ2v) is 9.91. The fraction of sp³-hybridized carbons (Fsp3) is 0.333. The summed E-state index contributed by atoms with van der Waals surface area (Å²) in [5.74, 6) is 0.256. The number of benzene rings is 2. The van der Waals surface area contributed by atoms with Gasteiger partial charge >= 0.3 is 4.87 Å². The van der Waals surface area contributed by atoms with E-state index >= 15 is 0 Å². The molecule has 3 rings (SSSR count). The molecule has 1 aromatic heterocycles. The van der Waals surface area contributed by atoms with Crippen molar-refractivity contribution in [1.29, 1.82) is 0 Å². The van der Waals surface area contributed by atoms with E-state index in [2.05, 4.69) is 5.32 Å². The number of ether oxygens (including phenoxy) is 2. The number of rotatable bonds is 8. The van der Waals surface area contributed by atoms with Crippen LogP contribution in [0.1, 0.15) is 13.8 Å². The van der Waals surface area contributed by atoms with Crippen LogP contribution in [0.2, 0.25) is 0 Å². The molecule has 0 aliphatic rings. The molecular formula is C21H25N3O6S2. The lowest BCUT2D eigenvalue weighted by molar-refractivity contribution is -0.116. The lowest BCUT2D eigenvalue weighted by atomic mass is 10.2. The minimum Gasteiger partial charge on any atom is -0.493 e. The van der Waals surface area contributed by atoms with Crippen molar-refractivity contribution in [3.63, 3.8) is 0 Å². The summed E-state index contributed by atoms with van der Waals surface area (Å²) >= 11 is 1.09. The minimum atomic E-state index is -3.81. The molecule has 1 N–H and O–H groups in total. The monoisotopic (exact) mass is 479 g/mol. The Balaban J connectivity index is 1.92. The zero-order valence-corrected chi connectivity index (χ0v) is 20.0. The van der Waals surface area contributed by atoms with Gasteiger partial charge in [-0.3, -0.25) is 18.5 Å². The first-order valence-electron chi connectivity index (χ1n) is 9.76. The smallest absolute Gasteiger partial charge is 0.308 e. The Morgan fingerprint density at radius 2 is 1.84 bits per heavy atom. The first-order valence-corrected chi connectivity index (χ1v) is 12.4. The number of nitrogens with zero attached hydrogens (tertiary/aromatic N) is 2. The summed E-state index contributed by atoms with van der Waals surface area (Å²) < 4.78 is 39.0. The van der Waals surface area contributed by atoms with Gasteiger partial charge in [0.15, 0.2) is 11.5 Å². The molecular weight excluding hydrogens is 454 g/mol. The standard InChI is InChI=1S/C21H25N3O6S2/c1-6-23-16-9-7-14(11-19(16)31-21(23)26)22-20(25)13(2)24(32(5,27)28)15-8-10-17(29-3)18(12-15)30-4/h7-13H,6H2,1-5H3,(H,22,25). The number of hydrogen-bond donors (Lipinski definition) is 1. The molecule has 9 nitrogen and oxygen atoms in total. The second-order valence-electron chi connectivity index (χ2n) is 7.06. The number of methoxy groups -OCH3 is 2. The molecule has 0 saturated carbocycles. The first-order chi connectivity index (χ1) is 15.1. The Hall–Kier alpha value is -3.05. The van der Waals surface area contributed by atoms with E-state index in [0.717, 1.165) is 32.1 Å². The molecule has 172 valence electrons. The van der Waals surface area contributed by atoms with Crippen LogP contribution in [0.25, 0.3) is 10.2 Å². The number of thiazole rings is 1. The maximum absolute atomic E-state index is 13.0. The molecule has 0 bridgehead atoms. The molecule has 11 heteroatoms. The number of aryl methyl sites for hydroxylation is 1. The summed E-state index contributed by atoms with van der Waals surface area (Å²) in [5.41, 5.74) is 1.53. The van der Waals surface area contributed by atoms with Crippen molar-refractivity contribution in [3.8, 4) is 11.5 Å². The predicted octanol–water partition coefficient (Wildman–Crippen LogP) is 2.89. The maximum atomic E-state index is 13.0. The predicted molar refractivity (Wildman–Crippen MR) is 127 cm³/mol. The van der Waals surface area contributed by atoms with Crippen LogP contribution >= 0.6 is 11.3 Å². The Labute approximate surface area is 190 Å². The number of anilines is 2. The quantitative estimate of drug-likeness (QED) is 0.532. The zero-order chi connectivity index (χ0) is 23.6. The molecule has 0 fully saturated rings. The Bertz CT molecular complexity index is 1310. The van der Waals surface area contributed by atoms with Crippen LogP contribution in [0.15, 0.2) is 41.2 Å². The largest absolute Gasteiger partial charge is 0.493 e. The van der Waals surface area contributed by atoms with E-state index < -0.39 is 22.0 Å². The number of aromatic nitrogens is 1. The Morgan fingerprint density at radius 1 is 1.16 bits per heavy atom. The van der Waals surface area contributed by atoms with Gasteiger partial charge in [0.05, 0.1) is 36.4 Å². The average molecular weight is 480 g/mol. The first kappa shape index (κ1) is 23.6. The van der Waals surface area contributed by atoms with Gasteiger partial charge in [-0.05, 0) is 44.2 Å². The second kappa shape index (κ2) is 9.21. The van der Waals surface area contributed by atoms with Crippen LogP contribution < -0.4 is 24.0 Å². The summed E-state index contributed by atoms with van der Waals surface area (Å²) in [6.07, 6.45) is 1.03. The molecule has 1 unspecified atom stereocenters.